The van der Waals surface area contributed by atoms with Crippen molar-refractivity contribution in [1.29, 1.82) is 0 Å². The highest BCUT2D eigenvalue weighted by Gasteiger charge is 2.20. The first-order chi connectivity index (χ1) is 7.65. The lowest BCUT2D eigenvalue weighted by atomic mass is 10.2. The number of fused-ring (bicyclic) bond motifs is 1. The van der Waals surface area contributed by atoms with Gasteiger partial charge in [0.1, 0.15) is 5.82 Å². The van der Waals surface area contributed by atoms with Crippen LogP contribution >= 0.6 is 24.8 Å². The van der Waals surface area contributed by atoms with Crippen molar-refractivity contribution in [2.75, 3.05) is 6.54 Å². The van der Waals surface area contributed by atoms with E-state index in [2.05, 4.69) is 4.98 Å². The summed E-state index contributed by atoms with van der Waals surface area (Å²) in [6.45, 7) is -0.493. The Bertz CT molecular complexity index is 502. The van der Waals surface area contributed by atoms with Gasteiger partial charge in [-0.15, -0.1) is 24.8 Å². The number of imidazole rings is 1. The highest BCUT2D eigenvalue weighted by Crippen LogP contribution is 2.26. The summed E-state index contributed by atoms with van der Waals surface area (Å²) in [6, 6.07) is 6.87. The molecule has 0 aliphatic heterocycles. The van der Waals surface area contributed by atoms with Crippen molar-refractivity contribution in [3.63, 3.8) is 0 Å². The largest absolute Gasteiger partial charge is 0.330 e. The molecule has 0 fully saturated rings. The summed E-state index contributed by atoms with van der Waals surface area (Å²) in [6.07, 6.45) is 0. The summed E-state index contributed by atoms with van der Waals surface area (Å²) in [7, 11) is 0. The summed E-state index contributed by atoms with van der Waals surface area (Å²) in [4.78, 5) is 4.21. The lowest BCUT2D eigenvalue weighted by Crippen LogP contribution is -2.15. The van der Waals surface area contributed by atoms with Gasteiger partial charge in [0.15, 0.2) is 0 Å². The third-order valence-electron chi connectivity index (χ3n) is 2.61. The summed E-state index contributed by atoms with van der Waals surface area (Å²) in [5, 5.41) is 0. The first-order valence-electron chi connectivity index (χ1n) is 5.10. The summed E-state index contributed by atoms with van der Waals surface area (Å²) < 4.78 is 26.9. The molecule has 0 amide bonds. The van der Waals surface area contributed by atoms with Gasteiger partial charge in [0.25, 0.3) is 0 Å². The molecule has 2 rings (SSSR count). The number of hydrogen-bond donors (Lipinski definition) is 1. The second-order valence-corrected chi connectivity index (χ2v) is 3.74. The maximum atomic E-state index is 13.0. The molecule has 2 N–H and O–H groups in total. The molecule has 1 atom stereocenters. The Balaban J connectivity index is 0.00000144. The molecule has 2 aromatic rings. The lowest BCUT2D eigenvalue weighted by Gasteiger charge is -2.11. The van der Waals surface area contributed by atoms with Crippen molar-refractivity contribution in [2.45, 2.75) is 19.4 Å². The van der Waals surface area contributed by atoms with Crippen molar-refractivity contribution in [3.8, 4) is 0 Å². The van der Waals surface area contributed by atoms with Gasteiger partial charge in [-0.1, -0.05) is 19.1 Å². The minimum Gasteiger partial charge on any atom is -0.330 e. The number of aromatic nitrogens is 2. The van der Waals surface area contributed by atoms with E-state index >= 15 is 0 Å². The Hall–Kier alpha value is -0.910. The Morgan fingerprint density at radius 1 is 1.28 bits per heavy atom. The molecule has 0 aliphatic carbocycles. The molecule has 1 unspecified atom stereocenters. The molecular weight excluding hydrogens is 283 g/mol. The zero-order valence-corrected chi connectivity index (χ0v) is 11.3. The minimum atomic E-state index is -2.59. The number of rotatable bonds is 3. The molecule has 1 aromatic heterocycles. The van der Waals surface area contributed by atoms with E-state index in [1.165, 1.54) is 0 Å². The van der Waals surface area contributed by atoms with Crippen LogP contribution in [0.15, 0.2) is 24.3 Å². The van der Waals surface area contributed by atoms with Gasteiger partial charge >= 0.3 is 6.55 Å². The summed E-state index contributed by atoms with van der Waals surface area (Å²) in [5.41, 5.74) is 6.53. The number of hydrogen-bond acceptors (Lipinski definition) is 2. The van der Waals surface area contributed by atoms with E-state index < -0.39 is 6.55 Å². The Kier molecular flexibility index (Phi) is 6.52. The Morgan fingerprint density at radius 3 is 2.44 bits per heavy atom. The zero-order chi connectivity index (χ0) is 11.7. The first kappa shape index (κ1) is 17.1. The molecule has 0 aliphatic rings. The molecule has 1 aromatic carbocycles. The molecule has 102 valence electrons. The normalized spacial score (nSPS) is 12.1. The maximum absolute atomic E-state index is 13.0. The number of halogens is 4. The highest BCUT2D eigenvalue weighted by atomic mass is 35.5. The van der Waals surface area contributed by atoms with Gasteiger partial charge in [-0.25, -0.2) is 4.98 Å². The van der Waals surface area contributed by atoms with Crippen LogP contribution < -0.4 is 5.73 Å². The average molecular weight is 298 g/mol. The van der Waals surface area contributed by atoms with Gasteiger partial charge in [-0.2, -0.15) is 8.78 Å². The first-order valence-corrected chi connectivity index (χ1v) is 5.10. The predicted molar refractivity (Wildman–Crippen MR) is 73.0 cm³/mol. The summed E-state index contributed by atoms with van der Waals surface area (Å²) in [5.74, 6) is 0.167. The van der Waals surface area contributed by atoms with Crippen molar-refractivity contribution in [2.24, 2.45) is 5.73 Å². The quantitative estimate of drug-likeness (QED) is 0.944. The third-order valence-corrected chi connectivity index (χ3v) is 2.61. The smallest absolute Gasteiger partial charge is 0.320 e. The highest BCUT2D eigenvalue weighted by molar-refractivity contribution is 5.85. The fourth-order valence-corrected chi connectivity index (χ4v) is 1.72. The second-order valence-electron chi connectivity index (χ2n) is 3.74. The molecule has 1 heterocycles. The van der Waals surface area contributed by atoms with Crippen LogP contribution in [-0.4, -0.2) is 16.1 Å². The fraction of sp³-hybridized carbons (Fsp3) is 0.364. The Morgan fingerprint density at radius 2 is 1.89 bits per heavy atom. The zero-order valence-electron chi connectivity index (χ0n) is 9.72. The molecule has 0 radical (unpaired) electrons. The minimum absolute atomic E-state index is 0. The topological polar surface area (TPSA) is 43.8 Å². The fourth-order valence-electron chi connectivity index (χ4n) is 1.72. The average Bonchev–Trinajstić information content (AvgIpc) is 2.67. The molecular formula is C11H15Cl2F2N3. The number of benzene rings is 1. The molecule has 0 saturated heterocycles. The van der Waals surface area contributed by atoms with E-state index in [0.717, 1.165) is 4.57 Å². The summed E-state index contributed by atoms with van der Waals surface area (Å²) >= 11 is 0. The van der Waals surface area contributed by atoms with E-state index in [-0.39, 0.29) is 30.7 Å². The van der Waals surface area contributed by atoms with E-state index in [1.54, 1.807) is 31.2 Å². The van der Waals surface area contributed by atoms with Crippen LogP contribution in [0.1, 0.15) is 25.2 Å². The van der Waals surface area contributed by atoms with Crippen molar-refractivity contribution < 1.29 is 8.78 Å². The van der Waals surface area contributed by atoms with Crippen LogP contribution in [0.3, 0.4) is 0 Å². The number of alkyl halides is 2. The van der Waals surface area contributed by atoms with Crippen LogP contribution in [0.25, 0.3) is 11.0 Å². The van der Waals surface area contributed by atoms with Crippen LogP contribution in [0.5, 0.6) is 0 Å². The van der Waals surface area contributed by atoms with Crippen LogP contribution in [-0.2, 0) is 0 Å². The third kappa shape index (κ3) is 2.91. The molecule has 18 heavy (non-hydrogen) atoms. The van der Waals surface area contributed by atoms with Crippen molar-refractivity contribution in [1.82, 2.24) is 9.55 Å². The lowest BCUT2D eigenvalue weighted by molar-refractivity contribution is 0.0705. The van der Waals surface area contributed by atoms with Gasteiger partial charge in [0.2, 0.25) is 0 Å². The Labute approximate surface area is 116 Å². The van der Waals surface area contributed by atoms with E-state index in [4.69, 9.17) is 5.73 Å². The van der Waals surface area contributed by atoms with E-state index in [9.17, 15) is 8.78 Å². The van der Waals surface area contributed by atoms with Crippen LogP contribution in [0.4, 0.5) is 8.78 Å². The predicted octanol–water partition coefficient (Wildman–Crippen LogP) is 3.34. The molecule has 0 bridgehead atoms. The maximum Gasteiger partial charge on any atom is 0.320 e. The van der Waals surface area contributed by atoms with Crippen LogP contribution in [0, 0.1) is 0 Å². The number of nitrogens with two attached hydrogens (primary N) is 1. The van der Waals surface area contributed by atoms with Crippen molar-refractivity contribution in [3.05, 3.63) is 30.1 Å². The number of para-hydroxylation sites is 2. The van der Waals surface area contributed by atoms with Gasteiger partial charge < -0.3 is 5.73 Å². The van der Waals surface area contributed by atoms with E-state index in [0.29, 0.717) is 23.4 Å². The molecule has 3 nitrogen and oxygen atoms in total. The SMILES string of the molecule is CC(CN)c1nc2ccccc2n1C(F)F.Cl.Cl. The van der Waals surface area contributed by atoms with Gasteiger partial charge in [-0.3, -0.25) is 4.57 Å². The molecule has 0 saturated carbocycles. The van der Waals surface area contributed by atoms with Crippen molar-refractivity contribution >= 4 is 35.8 Å². The molecule has 7 heteroatoms. The monoisotopic (exact) mass is 297 g/mol. The van der Waals surface area contributed by atoms with E-state index in [1.807, 2.05) is 0 Å². The second kappa shape index (κ2) is 6.87. The van der Waals surface area contributed by atoms with Crippen LogP contribution in [0.2, 0.25) is 0 Å². The molecule has 0 spiro atoms. The van der Waals surface area contributed by atoms with Gasteiger partial charge in [0.05, 0.1) is 11.0 Å². The number of nitrogens with zero attached hydrogens (tertiary/aromatic N) is 2. The van der Waals surface area contributed by atoms with Gasteiger partial charge in [-0.05, 0) is 12.1 Å². The standard InChI is InChI=1S/C11H13F2N3.2ClH/c1-7(6-14)10-15-8-4-2-3-5-9(8)16(10)11(12)13;;/h2-5,7,11H,6,14H2,1H3;2*1H. The van der Waals surface area contributed by atoms with Gasteiger partial charge in [0, 0.05) is 12.5 Å².